The summed E-state index contributed by atoms with van der Waals surface area (Å²) in [7, 11) is 0. The Morgan fingerprint density at radius 2 is 2.06 bits per heavy atom. The van der Waals surface area contributed by atoms with Gasteiger partial charge in [0.25, 0.3) is 0 Å². The molecule has 0 fully saturated rings. The van der Waals surface area contributed by atoms with Crippen LogP contribution in [0.15, 0.2) is 51.4 Å². The molecule has 1 atom stereocenters. The molecule has 3 rings (SSSR count). The van der Waals surface area contributed by atoms with Crippen LogP contribution >= 0.6 is 27.3 Å². The van der Waals surface area contributed by atoms with Crippen LogP contribution in [0.5, 0.6) is 0 Å². The predicted molar refractivity (Wildman–Crippen MR) is 75.5 cm³/mol. The van der Waals surface area contributed by atoms with Gasteiger partial charge in [-0.15, -0.1) is 11.3 Å². The fraction of sp³-hybridized carbons (Fsp3) is 0.154. The highest BCUT2D eigenvalue weighted by Crippen LogP contribution is 2.27. The van der Waals surface area contributed by atoms with Crippen molar-refractivity contribution in [2.75, 3.05) is 0 Å². The van der Waals surface area contributed by atoms with E-state index < -0.39 is 0 Å². The monoisotopic (exact) mass is 306 g/mol. The molecule has 0 unspecified atom stereocenters. The van der Waals surface area contributed by atoms with E-state index in [1.807, 2.05) is 0 Å². The molecule has 17 heavy (non-hydrogen) atoms. The summed E-state index contributed by atoms with van der Waals surface area (Å²) in [6.45, 7) is 0. The Morgan fingerprint density at radius 3 is 2.76 bits per heavy atom. The summed E-state index contributed by atoms with van der Waals surface area (Å²) >= 11 is 5.22. The van der Waals surface area contributed by atoms with Crippen LogP contribution in [0.4, 0.5) is 0 Å². The molecule has 0 amide bonds. The van der Waals surface area contributed by atoms with Gasteiger partial charge in [0, 0.05) is 15.8 Å². The summed E-state index contributed by atoms with van der Waals surface area (Å²) in [5.41, 5.74) is 5.54. The predicted octanol–water partition coefficient (Wildman–Crippen LogP) is 3.95. The van der Waals surface area contributed by atoms with Gasteiger partial charge in [-0.3, -0.25) is 0 Å². The first-order valence-electron chi connectivity index (χ1n) is 5.44. The lowest BCUT2D eigenvalue weighted by molar-refractivity contribution is 0.630. The molecular weight excluding hydrogens is 296 g/mol. The van der Waals surface area contributed by atoms with Crippen LogP contribution in [-0.2, 0) is 0 Å². The third-order valence-corrected chi connectivity index (χ3v) is 4.33. The molecular formula is C13H11BrN2S. The summed E-state index contributed by atoms with van der Waals surface area (Å²) < 4.78 is 1.10. The van der Waals surface area contributed by atoms with Crippen molar-refractivity contribution < 1.29 is 0 Å². The van der Waals surface area contributed by atoms with E-state index in [0.717, 1.165) is 16.6 Å². The van der Waals surface area contributed by atoms with Gasteiger partial charge in [-0.1, -0.05) is 34.1 Å². The topological polar surface area (TPSA) is 24.4 Å². The molecule has 0 aliphatic carbocycles. The minimum absolute atomic E-state index is 0.341. The van der Waals surface area contributed by atoms with Crippen molar-refractivity contribution in [2.24, 2.45) is 5.10 Å². The van der Waals surface area contributed by atoms with Crippen molar-refractivity contribution in [3.05, 3.63) is 56.7 Å². The number of hydrogen-bond donors (Lipinski definition) is 1. The van der Waals surface area contributed by atoms with E-state index in [1.54, 1.807) is 11.3 Å². The second-order valence-electron chi connectivity index (χ2n) is 3.97. The zero-order valence-corrected chi connectivity index (χ0v) is 11.5. The Bertz CT molecular complexity index is 531. The average Bonchev–Trinajstić information content (AvgIpc) is 3.00. The number of rotatable bonds is 2. The third kappa shape index (κ3) is 2.28. The van der Waals surface area contributed by atoms with Crippen LogP contribution in [0.1, 0.15) is 22.9 Å². The van der Waals surface area contributed by atoms with E-state index in [0.29, 0.717) is 6.04 Å². The molecule has 0 spiro atoms. The van der Waals surface area contributed by atoms with Gasteiger partial charge in [-0.25, -0.2) is 0 Å². The molecule has 0 radical (unpaired) electrons. The number of nitrogens with one attached hydrogen (secondary N) is 1. The number of halogens is 1. The molecule has 1 aliphatic rings. The summed E-state index contributed by atoms with van der Waals surface area (Å²) in [4.78, 5) is 1.35. The van der Waals surface area contributed by atoms with Gasteiger partial charge in [-0.2, -0.15) is 5.10 Å². The second-order valence-corrected chi connectivity index (χ2v) is 5.86. The smallest absolute Gasteiger partial charge is 0.0838 e. The first kappa shape index (κ1) is 11.0. The van der Waals surface area contributed by atoms with E-state index in [2.05, 4.69) is 68.2 Å². The fourth-order valence-corrected chi connectivity index (χ4v) is 2.95. The largest absolute Gasteiger partial charge is 0.301 e. The molecule has 0 saturated carbocycles. The maximum Gasteiger partial charge on any atom is 0.0838 e. The molecule has 1 aromatic heterocycles. The van der Waals surface area contributed by atoms with Crippen LogP contribution in [-0.4, -0.2) is 5.71 Å². The minimum Gasteiger partial charge on any atom is -0.301 e. The van der Waals surface area contributed by atoms with Gasteiger partial charge in [0.2, 0.25) is 0 Å². The molecule has 86 valence electrons. The highest BCUT2D eigenvalue weighted by Gasteiger charge is 2.21. The Morgan fingerprint density at radius 1 is 1.24 bits per heavy atom. The molecule has 1 N–H and O–H groups in total. The molecule has 4 heteroatoms. The Balaban J connectivity index is 1.77. The lowest BCUT2D eigenvalue weighted by Gasteiger charge is -2.06. The van der Waals surface area contributed by atoms with E-state index in [1.165, 1.54) is 10.4 Å². The lowest BCUT2D eigenvalue weighted by Crippen LogP contribution is -2.07. The number of nitrogens with zero attached hydrogens (tertiary/aromatic N) is 1. The van der Waals surface area contributed by atoms with Gasteiger partial charge >= 0.3 is 0 Å². The van der Waals surface area contributed by atoms with Gasteiger partial charge < -0.3 is 5.43 Å². The molecule has 1 aliphatic heterocycles. The quantitative estimate of drug-likeness (QED) is 0.892. The van der Waals surface area contributed by atoms with E-state index >= 15 is 0 Å². The van der Waals surface area contributed by atoms with Crippen LogP contribution in [0.2, 0.25) is 0 Å². The first-order chi connectivity index (χ1) is 8.33. The number of hydrogen-bond acceptors (Lipinski definition) is 3. The van der Waals surface area contributed by atoms with E-state index in [-0.39, 0.29) is 0 Å². The molecule has 1 aromatic carbocycles. The highest BCUT2D eigenvalue weighted by molar-refractivity contribution is 9.10. The maximum atomic E-state index is 4.43. The number of hydrazone groups is 1. The van der Waals surface area contributed by atoms with Crippen LogP contribution in [0.3, 0.4) is 0 Å². The molecule has 0 saturated heterocycles. The third-order valence-electron chi connectivity index (χ3n) is 2.82. The van der Waals surface area contributed by atoms with Crippen molar-refractivity contribution in [1.29, 1.82) is 0 Å². The van der Waals surface area contributed by atoms with Gasteiger partial charge in [0.15, 0.2) is 0 Å². The van der Waals surface area contributed by atoms with Gasteiger partial charge in [0.05, 0.1) is 11.8 Å². The van der Waals surface area contributed by atoms with Gasteiger partial charge in [0.1, 0.15) is 0 Å². The molecule has 0 bridgehead atoms. The first-order valence-corrected chi connectivity index (χ1v) is 7.11. The maximum absolute atomic E-state index is 4.43. The zero-order valence-electron chi connectivity index (χ0n) is 9.06. The van der Waals surface area contributed by atoms with Crippen molar-refractivity contribution in [3.8, 4) is 0 Å². The van der Waals surface area contributed by atoms with Crippen LogP contribution in [0.25, 0.3) is 0 Å². The van der Waals surface area contributed by atoms with Crippen molar-refractivity contribution in [3.63, 3.8) is 0 Å². The van der Waals surface area contributed by atoms with Crippen molar-refractivity contribution in [2.45, 2.75) is 12.5 Å². The van der Waals surface area contributed by atoms with Crippen LogP contribution in [0, 0.1) is 0 Å². The van der Waals surface area contributed by atoms with Crippen LogP contribution < -0.4 is 5.43 Å². The van der Waals surface area contributed by atoms with Crippen molar-refractivity contribution in [1.82, 2.24) is 5.43 Å². The standard InChI is InChI=1S/C13H11BrN2S/c14-10-5-3-9(4-6-10)11-8-12(16-15-11)13-2-1-7-17-13/h1-7,12,16H,8H2/t12-/m0/s1. The highest BCUT2D eigenvalue weighted by atomic mass is 79.9. The van der Waals surface area contributed by atoms with E-state index in [4.69, 9.17) is 0 Å². The second kappa shape index (κ2) is 4.63. The summed E-state index contributed by atoms with van der Waals surface area (Å²) in [5, 5.41) is 6.54. The number of benzene rings is 1. The SMILES string of the molecule is Brc1ccc(C2=NN[C@H](c3cccs3)C2)cc1. The Labute approximate surface area is 113 Å². The summed E-state index contributed by atoms with van der Waals surface area (Å²) in [5.74, 6) is 0. The lowest BCUT2D eigenvalue weighted by atomic mass is 10.0. The molecule has 2 heterocycles. The Hall–Kier alpha value is -1.13. The Kier molecular flexibility index (Phi) is 2.99. The summed E-state index contributed by atoms with van der Waals surface area (Å²) in [6.07, 6.45) is 0.960. The fourth-order valence-electron chi connectivity index (χ4n) is 1.92. The molecule has 2 aromatic rings. The average molecular weight is 307 g/mol. The van der Waals surface area contributed by atoms with Crippen molar-refractivity contribution >= 4 is 33.0 Å². The van der Waals surface area contributed by atoms with E-state index in [9.17, 15) is 0 Å². The zero-order chi connectivity index (χ0) is 11.7. The number of thiophene rings is 1. The summed E-state index contributed by atoms with van der Waals surface area (Å²) in [6, 6.07) is 12.9. The minimum atomic E-state index is 0.341. The normalized spacial score (nSPS) is 18.9. The molecule has 2 nitrogen and oxygen atoms in total. The van der Waals surface area contributed by atoms with Gasteiger partial charge in [-0.05, 0) is 29.1 Å².